The molecule has 1 aliphatic heterocycles. The first-order valence-electron chi connectivity index (χ1n) is 2.69. The number of nitrogens with zero attached hydrogens (tertiary/aromatic N) is 1. The van der Waals surface area contributed by atoms with Gasteiger partial charge in [-0.25, -0.2) is 0 Å². The molecule has 0 spiro atoms. The molecule has 1 heterocycles. The van der Waals surface area contributed by atoms with Gasteiger partial charge in [0.2, 0.25) is 5.91 Å². The summed E-state index contributed by atoms with van der Waals surface area (Å²) in [5.74, 6) is 0.164. The molecule has 3 nitrogen and oxygen atoms in total. The van der Waals surface area contributed by atoms with Crippen LogP contribution in [0.25, 0.3) is 0 Å². The minimum absolute atomic E-state index is 0. The average molecular weight is 151 g/mol. The molecule has 0 aromatic heterocycles. The van der Waals surface area contributed by atoms with E-state index in [0.717, 1.165) is 6.54 Å². The van der Waals surface area contributed by atoms with Crippen LogP contribution in [0.15, 0.2) is 0 Å². The average Bonchev–Trinajstić information content (AvgIpc) is 1.85. The molecule has 0 aliphatic carbocycles. The second-order valence-corrected chi connectivity index (χ2v) is 2.24. The van der Waals surface area contributed by atoms with E-state index in [4.69, 9.17) is 5.73 Å². The maximum atomic E-state index is 10.6. The van der Waals surface area contributed by atoms with Gasteiger partial charge in [-0.1, -0.05) is 0 Å². The van der Waals surface area contributed by atoms with E-state index >= 15 is 0 Å². The van der Waals surface area contributed by atoms with E-state index in [0.29, 0.717) is 6.42 Å². The third-order valence-electron chi connectivity index (χ3n) is 1.37. The summed E-state index contributed by atoms with van der Waals surface area (Å²) in [6, 6.07) is 0.0764. The van der Waals surface area contributed by atoms with Crippen molar-refractivity contribution >= 4 is 18.3 Å². The van der Waals surface area contributed by atoms with Crippen LogP contribution < -0.4 is 5.73 Å². The number of hydrogen-bond acceptors (Lipinski definition) is 2. The minimum Gasteiger partial charge on any atom is -0.344 e. The molecule has 54 valence electrons. The van der Waals surface area contributed by atoms with Crippen LogP contribution in [0.5, 0.6) is 0 Å². The van der Waals surface area contributed by atoms with E-state index in [1.165, 1.54) is 0 Å². The Kier molecular flexibility index (Phi) is 2.94. The molecule has 0 saturated carbocycles. The lowest BCUT2D eigenvalue weighted by Gasteiger charge is -2.04. The van der Waals surface area contributed by atoms with Crippen molar-refractivity contribution in [3.8, 4) is 0 Å². The van der Waals surface area contributed by atoms with Crippen molar-refractivity contribution in [3.05, 3.63) is 0 Å². The van der Waals surface area contributed by atoms with Gasteiger partial charge in [0.25, 0.3) is 0 Å². The zero-order chi connectivity index (χ0) is 6.15. The first kappa shape index (κ1) is 8.72. The van der Waals surface area contributed by atoms with Gasteiger partial charge >= 0.3 is 0 Å². The van der Waals surface area contributed by atoms with E-state index in [2.05, 4.69) is 0 Å². The lowest BCUT2D eigenvalue weighted by molar-refractivity contribution is -0.126. The van der Waals surface area contributed by atoms with E-state index in [1.54, 1.807) is 11.9 Å². The third kappa shape index (κ3) is 1.84. The van der Waals surface area contributed by atoms with E-state index in [9.17, 15) is 4.79 Å². The van der Waals surface area contributed by atoms with Crippen molar-refractivity contribution < 1.29 is 4.79 Å². The highest BCUT2D eigenvalue weighted by Crippen LogP contribution is 2.04. The van der Waals surface area contributed by atoms with Crippen LogP contribution in [0.4, 0.5) is 0 Å². The molecule has 2 N–H and O–H groups in total. The second kappa shape index (κ2) is 3.03. The number of hydrogen-bond donors (Lipinski definition) is 1. The van der Waals surface area contributed by atoms with Crippen molar-refractivity contribution in [2.75, 3.05) is 13.6 Å². The summed E-state index contributed by atoms with van der Waals surface area (Å²) in [6.07, 6.45) is 0.524. The summed E-state index contributed by atoms with van der Waals surface area (Å²) in [5, 5.41) is 0. The van der Waals surface area contributed by atoms with Crippen molar-refractivity contribution in [2.24, 2.45) is 5.73 Å². The Labute approximate surface area is 60.6 Å². The Morgan fingerprint density at radius 2 is 2.33 bits per heavy atom. The van der Waals surface area contributed by atoms with Crippen LogP contribution in [0.2, 0.25) is 0 Å². The Hall–Kier alpha value is -0.280. The predicted octanol–water partition coefficient (Wildman–Crippen LogP) is -0.402. The van der Waals surface area contributed by atoms with Gasteiger partial charge in [0.1, 0.15) is 0 Å². The maximum absolute atomic E-state index is 10.6. The SMILES string of the molecule is CN1C[C@H](N)CC1=O.Cl. The van der Waals surface area contributed by atoms with Crippen LogP contribution in [0.3, 0.4) is 0 Å². The second-order valence-electron chi connectivity index (χ2n) is 2.24. The third-order valence-corrected chi connectivity index (χ3v) is 1.37. The molecule has 1 amide bonds. The lowest BCUT2D eigenvalue weighted by atomic mass is 10.3. The molecule has 1 saturated heterocycles. The molecule has 0 unspecified atom stereocenters. The normalized spacial score (nSPS) is 26.2. The highest BCUT2D eigenvalue weighted by atomic mass is 35.5. The van der Waals surface area contributed by atoms with Gasteiger partial charge in [-0.3, -0.25) is 4.79 Å². The number of rotatable bonds is 0. The van der Waals surface area contributed by atoms with Gasteiger partial charge in [-0.15, -0.1) is 12.4 Å². The molecule has 1 fully saturated rings. The van der Waals surface area contributed by atoms with Gasteiger partial charge in [0.15, 0.2) is 0 Å². The molecule has 0 aromatic rings. The Morgan fingerprint density at radius 1 is 1.78 bits per heavy atom. The highest BCUT2D eigenvalue weighted by Gasteiger charge is 2.22. The highest BCUT2D eigenvalue weighted by molar-refractivity contribution is 5.85. The number of amides is 1. The van der Waals surface area contributed by atoms with Gasteiger partial charge in [0.05, 0.1) is 0 Å². The summed E-state index contributed by atoms with van der Waals surface area (Å²) >= 11 is 0. The fourth-order valence-corrected chi connectivity index (χ4v) is 0.898. The largest absolute Gasteiger partial charge is 0.344 e. The van der Waals surface area contributed by atoms with E-state index in [-0.39, 0.29) is 24.4 Å². The number of nitrogens with two attached hydrogens (primary N) is 1. The van der Waals surface area contributed by atoms with Crippen molar-refractivity contribution in [2.45, 2.75) is 12.5 Å². The van der Waals surface area contributed by atoms with Crippen molar-refractivity contribution in [3.63, 3.8) is 0 Å². The summed E-state index contributed by atoms with van der Waals surface area (Å²) in [7, 11) is 1.77. The quantitative estimate of drug-likeness (QED) is 0.511. The number of likely N-dealkylation sites (N-methyl/N-ethyl adjacent to an activating group) is 1. The molecule has 9 heavy (non-hydrogen) atoms. The van der Waals surface area contributed by atoms with Gasteiger partial charge in [-0.2, -0.15) is 0 Å². The van der Waals surface area contributed by atoms with E-state index < -0.39 is 0 Å². The fourth-order valence-electron chi connectivity index (χ4n) is 0.898. The molecule has 4 heteroatoms. The fraction of sp³-hybridized carbons (Fsp3) is 0.800. The van der Waals surface area contributed by atoms with E-state index in [1.807, 2.05) is 0 Å². The Morgan fingerprint density at radius 3 is 2.44 bits per heavy atom. The van der Waals surface area contributed by atoms with Crippen LogP contribution in [-0.4, -0.2) is 30.4 Å². The summed E-state index contributed by atoms with van der Waals surface area (Å²) in [6.45, 7) is 0.721. The number of halogens is 1. The van der Waals surface area contributed by atoms with Crippen molar-refractivity contribution in [1.82, 2.24) is 4.90 Å². The lowest BCUT2D eigenvalue weighted by Crippen LogP contribution is -2.24. The maximum Gasteiger partial charge on any atom is 0.223 e. The first-order chi connectivity index (χ1) is 3.70. The molecule has 1 aliphatic rings. The van der Waals surface area contributed by atoms with Crippen molar-refractivity contribution in [1.29, 1.82) is 0 Å². The van der Waals surface area contributed by atoms with Gasteiger partial charge in [0, 0.05) is 26.1 Å². The molecular weight excluding hydrogens is 140 g/mol. The summed E-state index contributed by atoms with van der Waals surface area (Å²) in [4.78, 5) is 12.3. The molecular formula is C5H11ClN2O. The number of carbonyl (C=O) groups excluding carboxylic acids is 1. The summed E-state index contributed by atoms with van der Waals surface area (Å²) < 4.78 is 0. The summed E-state index contributed by atoms with van der Waals surface area (Å²) in [5.41, 5.74) is 5.45. The van der Waals surface area contributed by atoms with Crippen LogP contribution in [-0.2, 0) is 4.79 Å². The standard InChI is InChI=1S/C5H10N2O.ClH/c1-7-3-4(6)2-5(7)8;/h4H,2-3,6H2,1H3;1H/t4-;/m1./s1. The predicted molar refractivity (Wildman–Crippen MR) is 37.5 cm³/mol. The zero-order valence-corrected chi connectivity index (χ0v) is 6.15. The number of carbonyl (C=O) groups is 1. The molecule has 0 bridgehead atoms. The first-order valence-corrected chi connectivity index (χ1v) is 2.69. The smallest absolute Gasteiger partial charge is 0.223 e. The molecule has 0 radical (unpaired) electrons. The van der Waals surface area contributed by atoms with Crippen LogP contribution in [0.1, 0.15) is 6.42 Å². The Bertz CT molecular complexity index is 118. The molecule has 1 atom stereocenters. The van der Waals surface area contributed by atoms with Crippen LogP contribution >= 0.6 is 12.4 Å². The molecule has 1 rings (SSSR count). The zero-order valence-electron chi connectivity index (χ0n) is 5.33. The Balaban J connectivity index is 0.000000640. The topological polar surface area (TPSA) is 46.3 Å². The monoisotopic (exact) mass is 150 g/mol. The van der Waals surface area contributed by atoms with Gasteiger partial charge < -0.3 is 10.6 Å². The number of likely N-dealkylation sites (tertiary alicyclic amines) is 1. The van der Waals surface area contributed by atoms with Crippen LogP contribution in [0, 0.1) is 0 Å². The molecule has 0 aromatic carbocycles. The van der Waals surface area contributed by atoms with Gasteiger partial charge in [-0.05, 0) is 0 Å². The minimum atomic E-state index is 0.